The molecule has 1 aliphatic carbocycles. The molecule has 1 fully saturated rings. The summed E-state index contributed by atoms with van der Waals surface area (Å²) in [4.78, 5) is 9.07. The summed E-state index contributed by atoms with van der Waals surface area (Å²) in [7, 11) is 0. The Morgan fingerprint density at radius 3 is 2.78 bits per heavy atom. The van der Waals surface area contributed by atoms with E-state index in [2.05, 4.69) is 51.8 Å². The second kappa shape index (κ2) is 8.86. The number of nitrogens with zero attached hydrogens (tertiary/aromatic N) is 2. The largest absolute Gasteiger partial charge is 0.357 e. The molecule has 0 amide bonds. The summed E-state index contributed by atoms with van der Waals surface area (Å²) in [5, 5.41) is 6.73. The van der Waals surface area contributed by atoms with Crippen LogP contribution in [0, 0.1) is 0 Å². The highest BCUT2D eigenvalue weighted by atomic mass is 127. The fourth-order valence-corrected chi connectivity index (χ4v) is 2.27. The summed E-state index contributed by atoms with van der Waals surface area (Å²) in [6.45, 7) is 3.64. The van der Waals surface area contributed by atoms with Gasteiger partial charge >= 0.3 is 0 Å². The lowest BCUT2D eigenvalue weighted by molar-refractivity contribution is 0.812. The van der Waals surface area contributed by atoms with E-state index >= 15 is 0 Å². The normalized spacial score (nSPS) is 14.0. The summed E-state index contributed by atoms with van der Waals surface area (Å²) in [6.07, 6.45) is 4.32. The lowest BCUT2D eigenvalue weighted by Crippen LogP contribution is -2.38. The minimum absolute atomic E-state index is 0. The molecule has 3 rings (SSSR count). The van der Waals surface area contributed by atoms with Crippen molar-refractivity contribution in [3.05, 3.63) is 54.2 Å². The van der Waals surface area contributed by atoms with Crippen LogP contribution in [0.1, 0.15) is 25.3 Å². The number of guanidine groups is 1. The van der Waals surface area contributed by atoms with Crippen molar-refractivity contribution in [3.63, 3.8) is 0 Å². The Morgan fingerprint density at radius 1 is 1.22 bits per heavy atom. The molecule has 1 aliphatic rings. The van der Waals surface area contributed by atoms with E-state index in [0.29, 0.717) is 12.6 Å². The minimum atomic E-state index is 0. The van der Waals surface area contributed by atoms with E-state index in [1.165, 1.54) is 18.4 Å². The first-order valence-corrected chi connectivity index (χ1v) is 7.90. The molecule has 4 nitrogen and oxygen atoms in total. The Morgan fingerprint density at radius 2 is 2.09 bits per heavy atom. The van der Waals surface area contributed by atoms with Gasteiger partial charge in [-0.1, -0.05) is 24.3 Å². The highest BCUT2D eigenvalue weighted by Gasteiger charge is 2.21. The van der Waals surface area contributed by atoms with Crippen LogP contribution in [0.2, 0.25) is 0 Å². The van der Waals surface area contributed by atoms with Crippen molar-refractivity contribution in [1.29, 1.82) is 0 Å². The quantitative estimate of drug-likeness (QED) is 0.440. The van der Waals surface area contributed by atoms with Crippen molar-refractivity contribution in [2.24, 2.45) is 4.99 Å². The van der Waals surface area contributed by atoms with E-state index in [1.807, 2.05) is 24.4 Å². The molecule has 1 heterocycles. The fraction of sp³-hybridized carbons (Fsp3) is 0.333. The molecule has 0 aliphatic heterocycles. The maximum absolute atomic E-state index is 4.67. The van der Waals surface area contributed by atoms with Crippen LogP contribution < -0.4 is 10.6 Å². The molecule has 1 saturated carbocycles. The smallest absolute Gasteiger partial charge is 0.191 e. The molecule has 2 aromatic rings. The van der Waals surface area contributed by atoms with Crippen LogP contribution in [0.4, 0.5) is 0 Å². The first kappa shape index (κ1) is 17.7. The van der Waals surface area contributed by atoms with Gasteiger partial charge in [-0.3, -0.25) is 4.98 Å². The van der Waals surface area contributed by atoms with E-state index in [9.17, 15) is 0 Å². The zero-order valence-corrected chi connectivity index (χ0v) is 15.7. The maximum Gasteiger partial charge on any atom is 0.191 e. The predicted octanol–water partition coefficient (Wildman–Crippen LogP) is 3.58. The van der Waals surface area contributed by atoms with Gasteiger partial charge in [-0.2, -0.15) is 0 Å². The second-order valence-corrected chi connectivity index (χ2v) is 5.53. The van der Waals surface area contributed by atoms with E-state index in [-0.39, 0.29) is 24.0 Å². The number of halogens is 1. The van der Waals surface area contributed by atoms with Gasteiger partial charge < -0.3 is 10.6 Å². The number of aromatic nitrogens is 1. The maximum atomic E-state index is 4.67. The molecule has 5 heteroatoms. The molecule has 122 valence electrons. The molecule has 2 N–H and O–H groups in total. The van der Waals surface area contributed by atoms with Crippen LogP contribution >= 0.6 is 24.0 Å². The predicted molar refractivity (Wildman–Crippen MR) is 106 cm³/mol. The average molecular weight is 422 g/mol. The number of benzene rings is 1. The zero-order chi connectivity index (χ0) is 15.2. The number of hydrogen-bond acceptors (Lipinski definition) is 2. The van der Waals surface area contributed by atoms with E-state index in [1.54, 1.807) is 0 Å². The van der Waals surface area contributed by atoms with E-state index < -0.39 is 0 Å². The van der Waals surface area contributed by atoms with Gasteiger partial charge in [-0.25, -0.2) is 4.99 Å². The van der Waals surface area contributed by atoms with Gasteiger partial charge in [0, 0.05) is 24.3 Å². The van der Waals surface area contributed by atoms with Gasteiger partial charge in [0.1, 0.15) is 0 Å². The number of pyridine rings is 1. The molecule has 0 radical (unpaired) electrons. The van der Waals surface area contributed by atoms with Crippen LogP contribution in [0.15, 0.2) is 53.7 Å². The van der Waals surface area contributed by atoms with Gasteiger partial charge in [0.15, 0.2) is 5.96 Å². The van der Waals surface area contributed by atoms with Crippen molar-refractivity contribution in [2.75, 3.05) is 6.54 Å². The summed E-state index contributed by atoms with van der Waals surface area (Å²) in [5.41, 5.74) is 3.32. The highest BCUT2D eigenvalue weighted by Crippen LogP contribution is 2.19. The second-order valence-electron chi connectivity index (χ2n) is 5.53. The number of aliphatic imine (C=N–C) groups is 1. The Kier molecular flexibility index (Phi) is 6.83. The molecule has 0 bridgehead atoms. The first-order chi connectivity index (χ1) is 10.8. The number of hydrogen-bond donors (Lipinski definition) is 2. The van der Waals surface area contributed by atoms with Crippen molar-refractivity contribution >= 4 is 29.9 Å². The molecule has 1 aromatic carbocycles. The standard InChI is InChI=1S/C18H22N4.HI/c1-2-19-18(22-16-9-10-16)21-13-14-6-5-7-15(12-14)17-8-3-4-11-20-17;/h3-8,11-12,16H,2,9-10,13H2,1H3,(H2,19,21,22);1H. The highest BCUT2D eigenvalue weighted by molar-refractivity contribution is 14.0. The van der Waals surface area contributed by atoms with Crippen molar-refractivity contribution in [2.45, 2.75) is 32.4 Å². The molecule has 0 atom stereocenters. The third-order valence-corrected chi connectivity index (χ3v) is 3.57. The summed E-state index contributed by atoms with van der Waals surface area (Å²) in [5.74, 6) is 0.910. The third kappa shape index (κ3) is 5.49. The van der Waals surface area contributed by atoms with Crippen molar-refractivity contribution < 1.29 is 0 Å². The van der Waals surface area contributed by atoms with Gasteiger partial charge in [-0.05, 0) is 43.5 Å². The Hall–Kier alpha value is -1.63. The van der Waals surface area contributed by atoms with Gasteiger partial charge in [0.25, 0.3) is 0 Å². The topological polar surface area (TPSA) is 49.3 Å². The summed E-state index contributed by atoms with van der Waals surface area (Å²) >= 11 is 0. The summed E-state index contributed by atoms with van der Waals surface area (Å²) < 4.78 is 0. The van der Waals surface area contributed by atoms with Crippen LogP contribution in [0.25, 0.3) is 11.3 Å². The monoisotopic (exact) mass is 422 g/mol. The minimum Gasteiger partial charge on any atom is -0.357 e. The molecule has 0 saturated heterocycles. The first-order valence-electron chi connectivity index (χ1n) is 7.90. The van der Waals surface area contributed by atoms with Crippen LogP contribution in [-0.4, -0.2) is 23.5 Å². The third-order valence-electron chi connectivity index (χ3n) is 3.57. The van der Waals surface area contributed by atoms with Crippen LogP contribution in [-0.2, 0) is 6.54 Å². The molecule has 1 aromatic heterocycles. The lowest BCUT2D eigenvalue weighted by Gasteiger charge is -2.10. The molecular formula is C18H23IN4. The molecule has 0 unspecified atom stereocenters. The molecule has 0 spiro atoms. The fourth-order valence-electron chi connectivity index (χ4n) is 2.27. The van der Waals surface area contributed by atoms with Gasteiger partial charge in [0.2, 0.25) is 0 Å². The summed E-state index contributed by atoms with van der Waals surface area (Å²) in [6, 6.07) is 15.0. The average Bonchev–Trinajstić information content (AvgIpc) is 3.38. The SMILES string of the molecule is CCNC(=NCc1cccc(-c2ccccn2)c1)NC1CC1.I. The molecular weight excluding hydrogens is 399 g/mol. The van der Waals surface area contributed by atoms with Gasteiger partial charge in [-0.15, -0.1) is 24.0 Å². The van der Waals surface area contributed by atoms with Crippen molar-refractivity contribution in [3.8, 4) is 11.3 Å². The van der Waals surface area contributed by atoms with Crippen LogP contribution in [0.5, 0.6) is 0 Å². The van der Waals surface area contributed by atoms with E-state index in [4.69, 9.17) is 0 Å². The number of nitrogens with one attached hydrogen (secondary N) is 2. The van der Waals surface area contributed by atoms with Crippen LogP contribution in [0.3, 0.4) is 0 Å². The van der Waals surface area contributed by atoms with Crippen molar-refractivity contribution in [1.82, 2.24) is 15.6 Å². The Labute approximate surface area is 154 Å². The Bertz CT molecular complexity index is 638. The van der Waals surface area contributed by atoms with Gasteiger partial charge in [0.05, 0.1) is 12.2 Å². The molecule has 23 heavy (non-hydrogen) atoms. The number of rotatable bonds is 5. The Balaban J connectivity index is 0.00000192. The zero-order valence-electron chi connectivity index (χ0n) is 13.3. The van der Waals surface area contributed by atoms with E-state index in [0.717, 1.165) is 23.8 Å². The lowest BCUT2D eigenvalue weighted by atomic mass is 10.1.